The highest BCUT2D eigenvalue weighted by Crippen LogP contribution is 2.25. The van der Waals surface area contributed by atoms with Gasteiger partial charge in [0.25, 0.3) is 0 Å². The predicted molar refractivity (Wildman–Crippen MR) is 129 cm³/mol. The number of nitrogens with zero attached hydrogens (tertiary/aromatic N) is 1. The van der Waals surface area contributed by atoms with Crippen LogP contribution >= 0.6 is 0 Å². The van der Waals surface area contributed by atoms with Crippen LogP contribution in [0, 0.1) is 13.8 Å². The number of amides is 3. The number of rotatable bonds is 11. The molecule has 0 saturated heterocycles. The maximum Gasteiger partial charge on any atom is 0.408 e. The molecule has 0 aliphatic carbocycles. The van der Waals surface area contributed by atoms with Gasteiger partial charge in [-0.15, -0.1) is 0 Å². The number of carbonyl (C=O) groups is 3. The normalized spacial score (nSPS) is 13.1. The Balaban J connectivity index is 3.23. The summed E-state index contributed by atoms with van der Waals surface area (Å²) < 4.78 is 5.25. The number of hydrogen-bond donors (Lipinski definition) is 3. The lowest BCUT2D eigenvalue weighted by Crippen LogP contribution is -2.52. The average Bonchev–Trinajstić information content (AvgIpc) is 2.68. The van der Waals surface area contributed by atoms with Gasteiger partial charge in [0, 0.05) is 13.1 Å². The molecule has 1 aromatic rings. The first-order chi connectivity index (χ1) is 15.4. The van der Waals surface area contributed by atoms with E-state index in [1.165, 1.54) is 11.8 Å². The molecule has 1 aromatic carbocycles. The summed E-state index contributed by atoms with van der Waals surface area (Å²) in [6.45, 7) is 12.8. The van der Waals surface area contributed by atoms with Crippen molar-refractivity contribution in [3.63, 3.8) is 0 Å². The fourth-order valence-electron chi connectivity index (χ4n) is 3.59. The number of aliphatic hydroxyl groups excluding tert-OH is 1. The number of nitrogens with one attached hydrogen (secondary N) is 2. The van der Waals surface area contributed by atoms with E-state index in [-0.39, 0.29) is 19.1 Å². The van der Waals surface area contributed by atoms with Gasteiger partial charge in [-0.25, -0.2) is 4.79 Å². The fraction of sp³-hybridized carbons (Fsp3) is 0.640. The predicted octanol–water partition coefficient (Wildman–Crippen LogP) is 3.39. The van der Waals surface area contributed by atoms with Crippen molar-refractivity contribution in [2.45, 2.75) is 85.4 Å². The van der Waals surface area contributed by atoms with Crippen LogP contribution in [0.15, 0.2) is 18.2 Å². The molecule has 8 nitrogen and oxygen atoms in total. The summed E-state index contributed by atoms with van der Waals surface area (Å²) in [5.74, 6) is -0.801. The maximum absolute atomic E-state index is 13.4. The lowest BCUT2D eigenvalue weighted by Gasteiger charge is -2.33. The molecule has 0 radical (unpaired) electrons. The van der Waals surface area contributed by atoms with Gasteiger partial charge >= 0.3 is 6.09 Å². The smallest absolute Gasteiger partial charge is 0.408 e. The third-order valence-electron chi connectivity index (χ3n) is 4.93. The summed E-state index contributed by atoms with van der Waals surface area (Å²) in [5.41, 5.74) is 1.87. The minimum absolute atomic E-state index is 0.0563. The van der Waals surface area contributed by atoms with Crippen LogP contribution in [0.3, 0.4) is 0 Å². The van der Waals surface area contributed by atoms with Crippen LogP contribution < -0.4 is 10.6 Å². The quantitative estimate of drug-likeness (QED) is 0.436. The number of ether oxygens (including phenoxy) is 1. The van der Waals surface area contributed by atoms with Gasteiger partial charge in [0.05, 0.1) is 6.61 Å². The highest BCUT2D eigenvalue weighted by molar-refractivity contribution is 5.92. The highest BCUT2D eigenvalue weighted by atomic mass is 16.6. The largest absolute Gasteiger partial charge is 0.444 e. The Hall–Kier alpha value is -2.61. The molecule has 0 aliphatic heterocycles. The Labute approximate surface area is 198 Å². The third kappa shape index (κ3) is 9.82. The van der Waals surface area contributed by atoms with Crippen molar-refractivity contribution >= 4 is 17.9 Å². The minimum Gasteiger partial charge on any atom is -0.444 e. The van der Waals surface area contributed by atoms with Crippen LogP contribution in [-0.2, 0) is 14.3 Å². The second-order valence-electron chi connectivity index (χ2n) is 9.44. The molecule has 0 spiro atoms. The van der Waals surface area contributed by atoms with Crippen molar-refractivity contribution in [2.24, 2.45) is 0 Å². The van der Waals surface area contributed by atoms with Gasteiger partial charge in [-0.2, -0.15) is 0 Å². The summed E-state index contributed by atoms with van der Waals surface area (Å²) >= 11 is 0. The lowest BCUT2D eigenvalue weighted by atomic mass is 9.98. The van der Waals surface area contributed by atoms with Gasteiger partial charge in [0.15, 0.2) is 0 Å². The van der Waals surface area contributed by atoms with Gasteiger partial charge in [0.2, 0.25) is 11.8 Å². The van der Waals surface area contributed by atoms with E-state index in [0.29, 0.717) is 12.1 Å². The SMILES string of the molecule is CCCCCNC(=O)C(c1cc(C)cc(C)c1)N(CCO)C(=O)C(C)NC(=O)OC(C)(C)C. The Bertz CT molecular complexity index is 783. The Kier molecular flexibility index (Phi) is 11.4. The molecule has 0 bridgehead atoms. The Morgan fingerprint density at radius 3 is 2.21 bits per heavy atom. The highest BCUT2D eigenvalue weighted by Gasteiger charge is 2.34. The van der Waals surface area contributed by atoms with Crippen molar-refractivity contribution in [2.75, 3.05) is 19.7 Å². The van der Waals surface area contributed by atoms with E-state index in [1.54, 1.807) is 20.8 Å². The molecule has 0 aliphatic rings. The Morgan fingerprint density at radius 2 is 1.70 bits per heavy atom. The molecular formula is C25H41N3O5. The number of hydrogen-bond acceptors (Lipinski definition) is 5. The van der Waals surface area contributed by atoms with Crippen LogP contribution in [0.2, 0.25) is 0 Å². The zero-order chi connectivity index (χ0) is 25.2. The molecule has 1 rings (SSSR count). The topological polar surface area (TPSA) is 108 Å². The molecular weight excluding hydrogens is 422 g/mol. The number of aryl methyl sites for hydroxylation is 2. The fourth-order valence-corrected chi connectivity index (χ4v) is 3.59. The first-order valence-corrected chi connectivity index (χ1v) is 11.7. The lowest BCUT2D eigenvalue weighted by molar-refractivity contribution is -0.142. The van der Waals surface area contributed by atoms with Gasteiger partial charge in [-0.1, -0.05) is 49.1 Å². The molecule has 33 heavy (non-hydrogen) atoms. The van der Waals surface area contributed by atoms with Crippen LogP contribution in [0.5, 0.6) is 0 Å². The minimum atomic E-state index is -0.951. The molecule has 0 heterocycles. The first-order valence-electron chi connectivity index (χ1n) is 11.7. The van der Waals surface area contributed by atoms with Crippen LogP contribution in [0.4, 0.5) is 4.79 Å². The second kappa shape index (κ2) is 13.2. The third-order valence-corrected chi connectivity index (χ3v) is 4.93. The maximum atomic E-state index is 13.4. The van der Waals surface area contributed by atoms with Gasteiger partial charge in [-0.05, 0) is 53.5 Å². The number of alkyl carbamates (subject to hydrolysis) is 1. The zero-order valence-electron chi connectivity index (χ0n) is 21.2. The Morgan fingerprint density at radius 1 is 1.09 bits per heavy atom. The van der Waals surface area contributed by atoms with Crippen molar-refractivity contribution in [3.8, 4) is 0 Å². The molecule has 0 aromatic heterocycles. The molecule has 2 atom stereocenters. The molecule has 0 fully saturated rings. The molecule has 3 amide bonds. The van der Waals surface area contributed by atoms with Crippen molar-refractivity contribution in [1.29, 1.82) is 0 Å². The standard InChI is InChI=1S/C25H41N3O5/c1-8-9-10-11-26-22(30)21(20-15-17(2)14-18(3)16-20)28(12-13-29)23(31)19(4)27-24(32)33-25(5,6)7/h14-16,19,21,29H,8-13H2,1-7H3,(H,26,30)(H,27,32). The number of benzene rings is 1. The van der Waals surface area contributed by atoms with E-state index >= 15 is 0 Å². The van der Waals surface area contributed by atoms with E-state index in [2.05, 4.69) is 17.6 Å². The molecule has 186 valence electrons. The van der Waals surface area contributed by atoms with Crippen molar-refractivity contribution < 1.29 is 24.2 Å². The summed E-state index contributed by atoms with van der Waals surface area (Å²) in [6.07, 6.45) is 2.13. The van der Waals surface area contributed by atoms with E-state index < -0.39 is 29.7 Å². The van der Waals surface area contributed by atoms with E-state index in [4.69, 9.17) is 4.74 Å². The average molecular weight is 464 g/mol. The molecule has 3 N–H and O–H groups in total. The monoisotopic (exact) mass is 463 g/mol. The van der Waals surface area contributed by atoms with Crippen molar-refractivity contribution in [3.05, 3.63) is 34.9 Å². The van der Waals surface area contributed by atoms with E-state index in [1.807, 2.05) is 32.0 Å². The van der Waals surface area contributed by atoms with E-state index in [0.717, 1.165) is 30.4 Å². The molecule has 2 unspecified atom stereocenters. The van der Waals surface area contributed by atoms with Crippen LogP contribution in [0.25, 0.3) is 0 Å². The van der Waals surface area contributed by atoms with Crippen molar-refractivity contribution in [1.82, 2.24) is 15.5 Å². The van der Waals surface area contributed by atoms with Gasteiger partial charge < -0.3 is 25.4 Å². The zero-order valence-corrected chi connectivity index (χ0v) is 21.2. The summed E-state index contributed by atoms with van der Waals surface area (Å²) in [4.78, 5) is 40.2. The number of unbranched alkanes of at least 4 members (excludes halogenated alkanes) is 2. The number of carbonyl (C=O) groups excluding carboxylic acids is 3. The molecule has 8 heteroatoms. The van der Waals surface area contributed by atoms with E-state index in [9.17, 15) is 19.5 Å². The van der Waals surface area contributed by atoms with Crippen LogP contribution in [-0.4, -0.2) is 59.3 Å². The van der Waals surface area contributed by atoms with Gasteiger partial charge in [-0.3, -0.25) is 9.59 Å². The summed E-state index contributed by atoms with van der Waals surface area (Å²) in [7, 11) is 0. The first kappa shape index (κ1) is 28.4. The molecule has 0 saturated carbocycles. The van der Waals surface area contributed by atoms with Crippen LogP contribution in [0.1, 0.15) is 76.6 Å². The summed E-state index contributed by atoms with van der Waals surface area (Å²) in [6, 6.07) is 3.84. The summed E-state index contributed by atoms with van der Waals surface area (Å²) in [5, 5.41) is 15.2. The number of aliphatic hydroxyl groups is 1. The second-order valence-corrected chi connectivity index (χ2v) is 9.44. The van der Waals surface area contributed by atoms with Gasteiger partial charge in [0.1, 0.15) is 17.7 Å².